The highest BCUT2D eigenvalue weighted by Gasteiger charge is 2.03. The van der Waals surface area contributed by atoms with Gasteiger partial charge in [0, 0.05) is 23.3 Å². The van der Waals surface area contributed by atoms with Crippen molar-refractivity contribution < 1.29 is 9.32 Å². The number of anilines is 1. The fourth-order valence-corrected chi connectivity index (χ4v) is 1.59. The van der Waals surface area contributed by atoms with Gasteiger partial charge in [0.05, 0.1) is 12.2 Å². The lowest BCUT2D eigenvalue weighted by Gasteiger charge is -2.05. The van der Waals surface area contributed by atoms with Gasteiger partial charge in [-0.1, -0.05) is 22.8 Å². The van der Waals surface area contributed by atoms with E-state index in [-0.39, 0.29) is 12.5 Å². The molecule has 2 aromatic rings. The summed E-state index contributed by atoms with van der Waals surface area (Å²) in [5, 5.41) is 10.00. The van der Waals surface area contributed by atoms with Gasteiger partial charge in [-0.15, -0.1) is 0 Å². The predicted molar refractivity (Wildman–Crippen MR) is 68.3 cm³/mol. The van der Waals surface area contributed by atoms with E-state index in [1.165, 1.54) is 6.26 Å². The molecular formula is C12H12ClN3O2. The van der Waals surface area contributed by atoms with Gasteiger partial charge in [-0.05, 0) is 18.2 Å². The lowest BCUT2D eigenvalue weighted by Crippen LogP contribution is -2.27. The van der Waals surface area contributed by atoms with Crippen molar-refractivity contribution in [3.8, 4) is 0 Å². The number of halogens is 1. The number of nitrogens with one attached hydrogen (secondary N) is 2. The molecule has 94 valence electrons. The molecule has 2 rings (SSSR count). The van der Waals surface area contributed by atoms with Crippen molar-refractivity contribution in [2.45, 2.75) is 6.54 Å². The molecule has 6 heteroatoms. The van der Waals surface area contributed by atoms with Crippen LogP contribution in [0.25, 0.3) is 0 Å². The third-order valence-electron chi connectivity index (χ3n) is 2.19. The van der Waals surface area contributed by atoms with E-state index in [1.54, 1.807) is 30.3 Å². The Balaban J connectivity index is 1.75. The number of aromatic nitrogens is 1. The summed E-state index contributed by atoms with van der Waals surface area (Å²) >= 11 is 5.81. The maximum absolute atomic E-state index is 11.6. The number of nitrogens with zero attached hydrogens (tertiary/aromatic N) is 1. The Morgan fingerprint density at radius 1 is 1.39 bits per heavy atom. The maximum atomic E-state index is 11.6. The molecule has 0 aliphatic carbocycles. The Labute approximate surface area is 109 Å². The maximum Gasteiger partial charge on any atom is 0.238 e. The molecule has 1 heterocycles. The molecule has 1 aromatic heterocycles. The normalized spacial score (nSPS) is 10.3. The highest BCUT2D eigenvalue weighted by Crippen LogP contribution is 2.14. The Bertz CT molecular complexity index is 514. The van der Waals surface area contributed by atoms with Crippen LogP contribution in [-0.2, 0) is 11.3 Å². The van der Waals surface area contributed by atoms with E-state index in [2.05, 4.69) is 20.3 Å². The molecule has 0 aliphatic heterocycles. The summed E-state index contributed by atoms with van der Waals surface area (Å²) in [5.41, 5.74) is 1.43. The zero-order valence-electron chi connectivity index (χ0n) is 9.52. The third-order valence-corrected chi connectivity index (χ3v) is 2.43. The Morgan fingerprint density at radius 2 is 2.28 bits per heavy atom. The molecule has 18 heavy (non-hydrogen) atoms. The average Bonchev–Trinajstić information content (AvgIpc) is 2.82. The zero-order valence-corrected chi connectivity index (χ0v) is 10.3. The number of amides is 1. The van der Waals surface area contributed by atoms with E-state index >= 15 is 0 Å². The number of carbonyl (C=O) groups is 1. The monoisotopic (exact) mass is 265 g/mol. The number of hydrogen-bond acceptors (Lipinski definition) is 4. The topological polar surface area (TPSA) is 67.2 Å². The molecule has 2 N–H and O–H groups in total. The van der Waals surface area contributed by atoms with Crippen LogP contribution in [0.15, 0.2) is 41.1 Å². The van der Waals surface area contributed by atoms with Gasteiger partial charge in [-0.25, -0.2) is 0 Å². The van der Waals surface area contributed by atoms with E-state index in [9.17, 15) is 4.79 Å². The lowest BCUT2D eigenvalue weighted by atomic mass is 10.3. The predicted octanol–water partition coefficient (Wildman–Crippen LogP) is 2.06. The first-order valence-electron chi connectivity index (χ1n) is 5.39. The second kappa shape index (κ2) is 6.18. The molecule has 5 nitrogen and oxygen atoms in total. The smallest absolute Gasteiger partial charge is 0.238 e. The first kappa shape index (κ1) is 12.6. The summed E-state index contributed by atoms with van der Waals surface area (Å²) in [6, 6.07) is 8.74. The van der Waals surface area contributed by atoms with Gasteiger partial charge < -0.3 is 15.2 Å². The highest BCUT2D eigenvalue weighted by molar-refractivity contribution is 6.30. The molecule has 0 atom stereocenters. The lowest BCUT2D eigenvalue weighted by molar-refractivity contribution is -0.115. The molecule has 1 aromatic carbocycles. The van der Waals surface area contributed by atoms with Crippen LogP contribution in [0.3, 0.4) is 0 Å². The van der Waals surface area contributed by atoms with E-state index < -0.39 is 0 Å². The standard InChI is InChI=1S/C12H12ClN3O2/c13-9-2-1-3-10(6-9)15-12(17)8-14-7-11-4-5-18-16-11/h1-6,14H,7-8H2,(H,15,17). The van der Waals surface area contributed by atoms with Gasteiger partial charge in [0.2, 0.25) is 5.91 Å². The molecule has 0 aliphatic rings. The molecule has 0 unspecified atom stereocenters. The van der Waals surface area contributed by atoms with E-state index in [0.717, 1.165) is 5.69 Å². The van der Waals surface area contributed by atoms with Gasteiger partial charge in [-0.2, -0.15) is 0 Å². The zero-order chi connectivity index (χ0) is 12.8. The molecule has 0 radical (unpaired) electrons. The fraction of sp³-hybridized carbons (Fsp3) is 0.167. The van der Waals surface area contributed by atoms with Crippen molar-refractivity contribution in [3.05, 3.63) is 47.3 Å². The van der Waals surface area contributed by atoms with Gasteiger partial charge in [0.25, 0.3) is 0 Å². The van der Waals surface area contributed by atoms with Crippen molar-refractivity contribution in [2.24, 2.45) is 0 Å². The van der Waals surface area contributed by atoms with E-state index in [4.69, 9.17) is 11.6 Å². The van der Waals surface area contributed by atoms with Crippen LogP contribution in [-0.4, -0.2) is 17.6 Å². The van der Waals surface area contributed by atoms with E-state index in [0.29, 0.717) is 17.3 Å². The molecule has 0 saturated carbocycles. The Hall–Kier alpha value is -1.85. The fourth-order valence-electron chi connectivity index (χ4n) is 1.40. The minimum absolute atomic E-state index is 0.138. The second-order valence-electron chi connectivity index (χ2n) is 3.65. The number of hydrogen-bond donors (Lipinski definition) is 2. The molecular weight excluding hydrogens is 254 g/mol. The first-order valence-corrected chi connectivity index (χ1v) is 5.77. The van der Waals surface area contributed by atoms with Crippen LogP contribution in [0, 0.1) is 0 Å². The molecule has 0 spiro atoms. The summed E-state index contributed by atoms with van der Waals surface area (Å²) in [6.07, 6.45) is 1.49. The van der Waals surface area contributed by atoms with Crippen LogP contribution in [0.5, 0.6) is 0 Å². The van der Waals surface area contributed by atoms with Crippen molar-refractivity contribution in [2.75, 3.05) is 11.9 Å². The molecule has 1 amide bonds. The minimum Gasteiger partial charge on any atom is -0.364 e. The molecule has 0 fully saturated rings. The third kappa shape index (κ3) is 3.87. The van der Waals surface area contributed by atoms with Gasteiger partial charge in [0.15, 0.2) is 0 Å². The number of carbonyl (C=O) groups excluding carboxylic acids is 1. The van der Waals surface area contributed by atoms with Crippen LogP contribution >= 0.6 is 11.6 Å². The molecule has 0 saturated heterocycles. The van der Waals surface area contributed by atoms with Gasteiger partial charge >= 0.3 is 0 Å². The number of benzene rings is 1. The summed E-state index contributed by atoms with van der Waals surface area (Å²) < 4.78 is 4.68. The second-order valence-corrected chi connectivity index (χ2v) is 4.09. The van der Waals surface area contributed by atoms with Crippen LogP contribution in [0.2, 0.25) is 5.02 Å². The SMILES string of the molecule is O=C(CNCc1ccon1)Nc1cccc(Cl)c1. The average molecular weight is 266 g/mol. The van der Waals surface area contributed by atoms with Crippen LogP contribution in [0.4, 0.5) is 5.69 Å². The largest absolute Gasteiger partial charge is 0.364 e. The highest BCUT2D eigenvalue weighted by atomic mass is 35.5. The van der Waals surface area contributed by atoms with E-state index in [1.807, 2.05) is 0 Å². The number of rotatable bonds is 5. The summed E-state index contributed by atoms with van der Waals surface area (Å²) in [5.74, 6) is -0.138. The minimum atomic E-state index is -0.138. The first-order chi connectivity index (χ1) is 8.74. The van der Waals surface area contributed by atoms with Crippen LogP contribution in [0.1, 0.15) is 5.69 Å². The molecule has 0 bridgehead atoms. The van der Waals surface area contributed by atoms with Gasteiger partial charge in [0.1, 0.15) is 6.26 Å². The Kier molecular flexibility index (Phi) is 4.33. The summed E-state index contributed by atoms with van der Waals surface area (Å²) in [6.45, 7) is 0.679. The quantitative estimate of drug-likeness (QED) is 0.868. The van der Waals surface area contributed by atoms with Crippen molar-refractivity contribution in [3.63, 3.8) is 0 Å². The Morgan fingerprint density at radius 3 is 3.00 bits per heavy atom. The van der Waals surface area contributed by atoms with Crippen molar-refractivity contribution in [1.82, 2.24) is 10.5 Å². The summed E-state index contributed by atoms with van der Waals surface area (Å²) in [4.78, 5) is 11.6. The van der Waals surface area contributed by atoms with Gasteiger partial charge in [-0.3, -0.25) is 4.79 Å². The van der Waals surface area contributed by atoms with Crippen LogP contribution < -0.4 is 10.6 Å². The van der Waals surface area contributed by atoms with Crippen molar-refractivity contribution >= 4 is 23.2 Å². The summed E-state index contributed by atoms with van der Waals surface area (Å²) in [7, 11) is 0. The van der Waals surface area contributed by atoms with Crippen molar-refractivity contribution in [1.29, 1.82) is 0 Å².